The van der Waals surface area contributed by atoms with Gasteiger partial charge >= 0.3 is 12.1 Å². The highest BCUT2D eigenvalue weighted by Crippen LogP contribution is 2.31. The Morgan fingerprint density at radius 1 is 1.14 bits per heavy atom. The molecule has 0 saturated carbocycles. The second kappa shape index (κ2) is 6.47. The lowest BCUT2D eigenvalue weighted by atomic mass is 10.1. The molecule has 1 N–H and O–H groups in total. The number of carbonyl (C=O) groups is 2. The molecule has 1 rings (SSSR count). The van der Waals surface area contributed by atoms with Crippen molar-refractivity contribution in [2.24, 2.45) is 0 Å². The van der Waals surface area contributed by atoms with Gasteiger partial charge in [0, 0.05) is 5.56 Å². The van der Waals surface area contributed by atoms with Crippen molar-refractivity contribution < 1.29 is 23.8 Å². The summed E-state index contributed by atoms with van der Waals surface area (Å²) in [6.45, 7) is 7.03. The van der Waals surface area contributed by atoms with Crippen molar-refractivity contribution in [3.05, 3.63) is 23.3 Å². The summed E-state index contributed by atoms with van der Waals surface area (Å²) in [6.07, 6.45) is -0.592. The Hall–Kier alpha value is -2.24. The summed E-state index contributed by atoms with van der Waals surface area (Å²) < 4.78 is 15.1. The van der Waals surface area contributed by atoms with Gasteiger partial charge in [-0.25, -0.2) is 9.59 Å². The van der Waals surface area contributed by atoms with E-state index in [1.54, 1.807) is 39.8 Å². The first-order valence-corrected chi connectivity index (χ1v) is 6.45. The zero-order valence-corrected chi connectivity index (χ0v) is 13.2. The number of esters is 1. The molecule has 0 aliphatic rings. The van der Waals surface area contributed by atoms with E-state index in [-0.39, 0.29) is 0 Å². The maximum absolute atomic E-state index is 11.8. The van der Waals surface area contributed by atoms with E-state index in [9.17, 15) is 9.59 Å². The topological polar surface area (TPSA) is 73.9 Å². The summed E-state index contributed by atoms with van der Waals surface area (Å²) in [4.78, 5) is 23.4. The van der Waals surface area contributed by atoms with Gasteiger partial charge in [-0.15, -0.1) is 0 Å². The first-order valence-electron chi connectivity index (χ1n) is 6.45. The third kappa shape index (κ3) is 4.37. The third-order valence-electron chi connectivity index (χ3n) is 2.65. The van der Waals surface area contributed by atoms with Gasteiger partial charge in [0.2, 0.25) is 0 Å². The highest BCUT2D eigenvalue weighted by atomic mass is 16.6. The molecule has 6 heteroatoms. The number of rotatable bonds is 3. The highest BCUT2D eigenvalue weighted by Gasteiger charge is 2.20. The summed E-state index contributed by atoms with van der Waals surface area (Å²) in [5, 5.41) is 2.60. The van der Waals surface area contributed by atoms with Crippen LogP contribution < -0.4 is 10.1 Å². The summed E-state index contributed by atoms with van der Waals surface area (Å²) in [7, 11) is 2.77. The third-order valence-corrected chi connectivity index (χ3v) is 2.65. The van der Waals surface area contributed by atoms with Crippen LogP contribution >= 0.6 is 0 Å². The molecule has 0 saturated heterocycles. The Morgan fingerprint density at radius 3 is 2.24 bits per heavy atom. The van der Waals surface area contributed by atoms with E-state index < -0.39 is 17.7 Å². The van der Waals surface area contributed by atoms with Crippen molar-refractivity contribution >= 4 is 17.7 Å². The fourth-order valence-electron chi connectivity index (χ4n) is 1.80. The van der Waals surface area contributed by atoms with E-state index >= 15 is 0 Å². The average molecular weight is 295 g/mol. The van der Waals surface area contributed by atoms with Gasteiger partial charge in [-0.3, -0.25) is 5.32 Å². The van der Waals surface area contributed by atoms with E-state index in [1.165, 1.54) is 14.2 Å². The first-order chi connectivity index (χ1) is 9.69. The summed E-state index contributed by atoms with van der Waals surface area (Å²) in [5.41, 5.74) is 0.789. The number of amides is 1. The molecule has 0 aliphatic carbocycles. The summed E-state index contributed by atoms with van der Waals surface area (Å²) in [5.74, 6) is -0.0709. The number of benzene rings is 1. The molecule has 21 heavy (non-hydrogen) atoms. The molecule has 6 nitrogen and oxygen atoms in total. The van der Waals surface area contributed by atoms with Crippen molar-refractivity contribution in [1.82, 2.24) is 0 Å². The van der Waals surface area contributed by atoms with Crippen molar-refractivity contribution in [3.63, 3.8) is 0 Å². The van der Waals surface area contributed by atoms with E-state index in [2.05, 4.69) is 5.32 Å². The predicted octanol–water partition coefficient (Wildman–Crippen LogP) is 3.14. The van der Waals surface area contributed by atoms with E-state index in [4.69, 9.17) is 14.2 Å². The lowest BCUT2D eigenvalue weighted by molar-refractivity contribution is 0.0598. The van der Waals surface area contributed by atoms with Crippen LogP contribution in [0, 0.1) is 6.92 Å². The number of hydrogen-bond donors (Lipinski definition) is 1. The Morgan fingerprint density at radius 2 is 1.76 bits per heavy atom. The van der Waals surface area contributed by atoms with E-state index in [1.807, 2.05) is 0 Å². The van der Waals surface area contributed by atoms with Crippen molar-refractivity contribution in [1.29, 1.82) is 0 Å². The molecule has 0 fully saturated rings. The fourth-order valence-corrected chi connectivity index (χ4v) is 1.80. The summed E-state index contributed by atoms with van der Waals surface area (Å²) in [6, 6.07) is 3.14. The molecule has 0 radical (unpaired) electrons. The predicted molar refractivity (Wildman–Crippen MR) is 78.9 cm³/mol. The average Bonchev–Trinajstić information content (AvgIpc) is 2.36. The van der Waals surface area contributed by atoms with Crippen molar-refractivity contribution in [2.75, 3.05) is 19.5 Å². The second-order valence-corrected chi connectivity index (χ2v) is 5.44. The zero-order chi connectivity index (χ0) is 16.2. The van der Waals surface area contributed by atoms with Gasteiger partial charge in [0.1, 0.15) is 11.4 Å². The number of nitrogens with one attached hydrogen (secondary N) is 1. The van der Waals surface area contributed by atoms with Gasteiger partial charge in [0.25, 0.3) is 0 Å². The molecule has 0 bridgehead atoms. The van der Waals surface area contributed by atoms with Gasteiger partial charge in [0.15, 0.2) is 0 Å². The van der Waals surface area contributed by atoms with Crippen molar-refractivity contribution in [2.45, 2.75) is 33.3 Å². The standard InChI is InChI=1S/C15H21NO5/c1-9-10(13(17)20-6)7-8-11(12(9)19-5)16-14(18)21-15(2,3)4/h7-8H,1-6H3,(H,16,18). The Labute approximate surface area is 124 Å². The van der Waals surface area contributed by atoms with Crippen LogP contribution in [0.15, 0.2) is 12.1 Å². The van der Waals surface area contributed by atoms with Crippen LogP contribution in [-0.2, 0) is 9.47 Å². The van der Waals surface area contributed by atoms with Crippen LogP contribution in [0.5, 0.6) is 5.75 Å². The van der Waals surface area contributed by atoms with Gasteiger partial charge in [0.05, 0.1) is 25.5 Å². The maximum Gasteiger partial charge on any atom is 0.412 e. The Balaban J connectivity index is 3.07. The quantitative estimate of drug-likeness (QED) is 0.867. The van der Waals surface area contributed by atoms with Gasteiger partial charge in [-0.05, 0) is 39.8 Å². The molecular weight excluding hydrogens is 274 g/mol. The molecule has 1 aromatic rings. The summed E-state index contributed by atoms with van der Waals surface area (Å²) >= 11 is 0. The van der Waals surface area contributed by atoms with Crippen LogP contribution in [0.2, 0.25) is 0 Å². The minimum absolute atomic E-state index is 0.379. The van der Waals surface area contributed by atoms with Crippen molar-refractivity contribution in [3.8, 4) is 5.75 Å². The maximum atomic E-state index is 11.8. The molecule has 0 atom stereocenters. The van der Waals surface area contributed by atoms with Crippen LogP contribution in [0.1, 0.15) is 36.7 Å². The zero-order valence-electron chi connectivity index (χ0n) is 13.2. The monoisotopic (exact) mass is 295 g/mol. The molecule has 0 spiro atoms. The lowest BCUT2D eigenvalue weighted by Gasteiger charge is -2.21. The number of hydrogen-bond acceptors (Lipinski definition) is 5. The van der Waals surface area contributed by atoms with Crippen LogP contribution in [-0.4, -0.2) is 31.9 Å². The molecule has 0 aromatic heterocycles. The molecule has 0 heterocycles. The number of carbonyl (C=O) groups excluding carboxylic acids is 2. The van der Waals surface area contributed by atoms with E-state index in [0.717, 1.165) is 0 Å². The van der Waals surface area contributed by atoms with Gasteiger partial charge in [-0.2, -0.15) is 0 Å². The van der Waals surface area contributed by atoms with Gasteiger partial charge < -0.3 is 14.2 Å². The smallest absolute Gasteiger partial charge is 0.412 e. The molecular formula is C15H21NO5. The molecule has 1 amide bonds. The first kappa shape index (κ1) is 16.8. The molecule has 0 aliphatic heterocycles. The SMILES string of the molecule is COC(=O)c1ccc(NC(=O)OC(C)(C)C)c(OC)c1C. The van der Waals surface area contributed by atoms with Gasteiger partial charge in [-0.1, -0.05) is 0 Å². The fraction of sp³-hybridized carbons (Fsp3) is 0.467. The van der Waals surface area contributed by atoms with E-state index in [0.29, 0.717) is 22.6 Å². The number of anilines is 1. The number of ether oxygens (including phenoxy) is 3. The Bertz CT molecular complexity index is 546. The molecule has 116 valence electrons. The number of methoxy groups -OCH3 is 2. The lowest BCUT2D eigenvalue weighted by Crippen LogP contribution is -2.27. The Kier molecular flexibility index (Phi) is 5.18. The minimum atomic E-state index is -0.599. The molecule has 1 aromatic carbocycles. The van der Waals surface area contributed by atoms with Crippen LogP contribution in [0.3, 0.4) is 0 Å². The normalized spacial score (nSPS) is 10.8. The highest BCUT2D eigenvalue weighted by molar-refractivity contribution is 5.95. The van der Waals surface area contributed by atoms with Crippen LogP contribution in [0.25, 0.3) is 0 Å². The largest absolute Gasteiger partial charge is 0.494 e. The minimum Gasteiger partial charge on any atom is -0.494 e. The van der Waals surface area contributed by atoms with Crippen LogP contribution in [0.4, 0.5) is 10.5 Å². The second-order valence-electron chi connectivity index (χ2n) is 5.44. The molecule has 0 unspecified atom stereocenters.